The first-order chi connectivity index (χ1) is 9.28. The molecule has 0 fully saturated rings. The van der Waals surface area contributed by atoms with Crippen molar-refractivity contribution in [1.29, 1.82) is 5.26 Å². The third-order valence-electron chi connectivity index (χ3n) is 3.28. The highest BCUT2D eigenvalue weighted by molar-refractivity contribution is 5.96. The van der Waals surface area contributed by atoms with Gasteiger partial charge in [0.1, 0.15) is 0 Å². The zero-order valence-corrected chi connectivity index (χ0v) is 10.4. The van der Waals surface area contributed by atoms with E-state index in [-0.39, 0.29) is 0 Å². The summed E-state index contributed by atoms with van der Waals surface area (Å²) in [5.41, 5.74) is 11.9. The van der Waals surface area contributed by atoms with Gasteiger partial charge in [-0.05, 0) is 35.4 Å². The predicted octanol–water partition coefficient (Wildman–Crippen LogP) is 3.11. The van der Waals surface area contributed by atoms with E-state index in [2.05, 4.69) is 23.5 Å². The molecule has 19 heavy (non-hydrogen) atoms. The minimum absolute atomic E-state index is 0.677. The first-order valence-electron chi connectivity index (χ1n) is 6.11. The Bertz CT molecular complexity index is 691. The van der Waals surface area contributed by atoms with E-state index in [0.29, 0.717) is 5.56 Å². The lowest BCUT2D eigenvalue weighted by atomic mass is 10.0. The van der Waals surface area contributed by atoms with Crippen molar-refractivity contribution in [3.63, 3.8) is 0 Å². The van der Waals surface area contributed by atoms with Crippen LogP contribution in [-0.2, 0) is 0 Å². The van der Waals surface area contributed by atoms with Gasteiger partial charge in [-0.2, -0.15) is 5.26 Å². The van der Waals surface area contributed by atoms with E-state index in [1.807, 2.05) is 36.4 Å². The van der Waals surface area contributed by atoms with Gasteiger partial charge in [-0.1, -0.05) is 24.3 Å². The van der Waals surface area contributed by atoms with Crippen molar-refractivity contribution in [3.8, 4) is 6.07 Å². The molecule has 0 bridgehead atoms. The third-order valence-corrected chi connectivity index (χ3v) is 3.28. The number of fused-ring (bicyclic) bond motifs is 1. The van der Waals surface area contributed by atoms with Crippen LogP contribution in [0.15, 0.2) is 42.5 Å². The third kappa shape index (κ3) is 2.04. The van der Waals surface area contributed by atoms with Crippen LogP contribution >= 0.6 is 0 Å². The maximum absolute atomic E-state index is 8.78. The number of nitrogen functional groups attached to an aromatic ring is 1. The van der Waals surface area contributed by atoms with Gasteiger partial charge in [0.25, 0.3) is 0 Å². The SMILES string of the molecule is N#Cc1ccc(C=C2CNc3c(N)cccc32)cc1. The Hall–Kier alpha value is -2.73. The molecule has 0 atom stereocenters. The highest BCUT2D eigenvalue weighted by atomic mass is 14.9. The molecule has 0 unspecified atom stereocenters. The van der Waals surface area contributed by atoms with Crippen molar-refractivity contribution >= 4 is 23.0 Å². The predicted molar refractivity (Wildman–Crippen MR) is 78.4 cm³/mol. The Morgan fingerprint density at radius 3 is 2.68 bits per heavy atom. The number of para-hydroxylation sites is 1. The van der Waals surface area contributed by atoms with Gasteiger partial charge in [-0.3, -0.25) is 0 Å². The molecular weight excluding hydrogens is 234 g/mol. The smallest absolute Gasteiger partial charge is 0.0991 e. The monoisotopic (exact) mass is 247 g/mol. The molecule has 92 valence electrons. The molecule has 0 saturated carbocycles. The summed E-state index contributed by atoms with van der Waals surface area (Å²) in [5.74, 6) is 0. The van der Waals surface area contributed by atoms with Gasteiger partial charge >= 0.3 is 0 Å². The van der Waals surface area contributed by atoms with Crippen LogP contribution in [0.25, 0.3) is 11.6 Å². The minimum atomic E-state index is 0.677. The van der Waals surface area contributed by atoms with Gasteiger partial charge < -0.3 is 11.1 Å². The van der Waals surface area contributed by atoms with Crippen LogP contribution in [0.1, 0.15) is 16.7 Å². The fourth-order valence-electron chi connectivity index (χ4n) is 2.30. The molecule has 0 spiro atoms. The largest absolute Gasteiger partial charge is 0.397 e. The summed E-state index contributed by atoms with van der Waals surface area (Å²) in [6, 6.07) is 15.6. The summed E-state index contributed by atoms with van der Waals surface area (Å²) in [7, 11) is 0. The standard InChI is InChI=1S/C16H13N3/c17-9-12-6-4-11(5-7-12)8-13-10-19-16-14(13)2-1-3-15(16)18/h1-8,19H,10,18H2. The van der Waals surface area contributed by atoms with Crippen LogP contribution in [0.5, 0.6) is 0 Å². The van der Waals surface area contributed by atoms with Crippen molar-refractivity contribution in [2.75, 3.05) is 17.6 Å². The van der Waals surface area contributed by atoms with Gasteiger partial charge in [0, 0.05) is 12.1 Å². The lowest BCUT2D eigenvalue weighted by molar-refractivity contribution is 1.45. The average molecular weight is 247 g/mol. The van der Waals surface area contributed by atoms with Crippen LogP contribution in [0.3, 0.4) is 0 Å². The molecule has 1 aliphatic rings. The molecular formula is C16H13N3. The number of hydrogen-bond acceptors (Lipinski definition) is 3. The van der Waals surface area contributed by atoms with Crippen molar-refractivity contribution in [3.05, 3.63) is 59.2 Å². The maximum atomic E-state index is 8.78. The molecule has 0 aromatic heterocycles. The van der Waals surface area contributed by atoms with Crippen molar-refractivity contribution < 1.29 is 0 Å². The summed E-state index contributed by atoms with van der Waals surface area (Å²) >= 11 is 0. The van der Waals surface area contributed by atoms with E-state index in [4.69, 9.17) is 11.0 Å². The number of anilines is 2. The molecule has 3 heteroatoms. The van der Waals surface area contributed by atoms with Crippen molar-refractivity contribution in [2.24, 2.45) is 0 Å². The average Bonchev–Trinajstić information content (AvgIpc) is 2.84. The van der Waals surface area contributed by atoms with Crippen LogP contribution in [0.4, 0.5) is 11.4 Å². The Balaban J connectivity index is 1.99. The van der Waals surface area contributed by atoms with Gasteiger partial charge in [0.15, 0.2) is 0 Å². The number of nitrogens with zero attached hydrogens (tertiary/aromatic N) is 1. The minimum Gasteiger partial charge on any atom is -0.397 e. The number of nitrogens with one attached hydrogen (secondary N) is 1. The van der Waals surface area contributed by atoms with E-state index in [9.17, 15) is 0 Å². The molecule has 1 heterocycles. The van der Waals surface area contributed by atoms with Gasteiger partial charge in [0.2, 0.25) is 0 Å². The Labute approximate surface area is 112 Å². The molecule has 0 saturated heterocycles. The molecule has 0 aliphatic carbocycles. The van der Waals surface area contributed by atoms with Crippen molar-refractivity contribution in [1.82, 2.24) is 0 Å². The van der Waals surface area contributed by atoms with E-state index in [1.54, 1.807) is 0 Å². The molecule has 1 aliphatic heterocycles. The molecule has 2 aromatic rings. The van der Waals surface area contributed by atoms with E-state index >= 15 is 0 Å². The number of rotatable bonds is 1. The Morgan fingerprint density at radius 1 is 1.16 bits per heavy atom. The molecule has 0 radical (unpaired) electrons. The van der Waals surface area contributed by atoms with E-state index < -0.39 is 0 Å². The first-order valence-corrected chi connectivity index (χ1v) is 6.11. The molecule has 3 N–H and O–H groups in total. The number of hydrogen-bond donors (Lipinski definition) is 2. The molecule has 0 amide bonds. The summed E-state index contributed by atoms with van der Waals surface area (Å²) in [5, 5.41) is 12.1. The fraction of sp³-hybridized carbons (Fsp3) is 0.0625. The van der Waals surface area contributed by atoms with Crippen molar-refractivity contribution in [2.45, 2.75) is 0 Å². The van der Waals surface area contributed by atoms with Gasteiger partial charge in [0.05, 0.1) is 23.0 Å². The topological polar surface area (TPSA) is 61.8 Å². The zero-order valence-electron chi connectivity index (χ0n) is 10.4. The Morgan fingerprint density at radius 2 is 1.95 bits per heavy atom. The second-order valence-electron chi connectivity index (χ2n) is 4.53. The number of nitriles is 1. The second-order valence-corrected chi connectivity index (χ2v) is 4.53. The van der Waals surface area contributed by atoms with Crippen LogP contribution in [0.2, 0.25) is 0 Å². The summed E-state index contributed by atoms with van der Waals surface area (Å²) in [6.45, 7) is 0.781. The lowest BCUT2D eigenvalue weighted by Gasteiger charge is -2.02. The van der Waals surface area contributed by atoms with Gasteiger partial charge in [-0.15, -0.1) is 0 Å². The number of nitrogens with two attached hydrogens (primary N) is 1. The quantitative estimate of drug-likeness (QED) is 0.761. The highest BCUT2D eigenvalue weighted by Crippen LogP contribution is 2.35. The fourth-order valence-corrected chi connectivity index (χ4v) is 2.30. The molecule has 3 rings (SSSR count). The summed E-state index contributed by atoms with van der Waals surface area (Å²) in [6.07, 6.45) is 2.12. The number of benzene rings is 2. The molecule has 2 aromatic carbocycles. The van der Waals surface area contributed by atoms with E-state index in [1.165, 1.54) is 5.57 Å². The van der Waals surface area contributed by atoms with E-state index in [0.717, 1.165) is 29.0 Å². The molecule has 3 nitrogen and oxygen atoms in total. The summed E-state index contributed by atoms with van der Waals surface area (Å²) in [4.78, 5) is 0. The lowest BCUT2D eigenvalue weighted by Crippen LogP contribution is -1.95. The Kier molecular flexibility index (Phi) is 2.70. The maximum Gasteiger partial charge on any atom is 0.0991 e. The van der Waals surface area contributed by atoms with Gasteiger partial charge in [-0.25, -0.2) is 0 Å². The van der Waals surface area contributed by atoms with Crippen LogP contribution in [-0.4, -0.2) is 6.54 Å². The highest BCUT2D eigenvalue weighted by Gasteiger charge is 2.16. The second kappa shape index (κ2) is 4.51. The zero-order chi connectivity index (χ0) is 13.2. The van der Waals surface area contributed by atoms with Crippen LogP contribution in [0, 0.1) is 11.3 Å². The first kappa shape index (κ1) is 11.4. The van der Waals surface area contributed by atoms with Crippen LogP contribution < -0.4 is 11.1 Å². The summed E-state index contributed by atoms with van der Waals surface area (Å²) < 4.78 is 0. The normalized spacial score (nSPS) is 14.8.